The van der Waals surface area contributed by atoms with Crippen LogP contribution in [0.25, 0.3) is 12.2 Å². The monoisotopic (exact) mass is 947 g/mol. The SMILES string of the molecule is C=C1C[C@@H]2C[C@@H]3C[C@@H](O)C[C@@H](O3)c3coc(n3)/C=C/C[C@H]3O[C@@H](/C(C)=C/c4coc(C[C@]5(O)C[C@H](CO)C[C@H]([C@H](O)/C=C(C)/C=C/[C@H](CO)CCC)O5)n4)[C@H](C)[C@@H](OC(=O)/C=C\C[C@@H](C1)O2)[C@H]3C. The minimum Gasteiger partial charge on any atom is -0.458 e. The molecule has 15 heteroatoms. The second-order valence-corrected chi connectivity index (χ2v) is 20.1. The number of aromatic nitrogens is 2. The molecular formula is C53H74N2O13. The van der Waals surface area contributed by atoms with E-state index in [0.29, 0.717) is 68.6 Å². The van der Waals surface area contributed by atoms with Crippen LogP contribution in [0.1, 0.15) is 135 Å². The van der Waals surface area contributed by atoms with E-state index in [4.69, 9.17) is 37.5 Å². The molecule has 2 aromatic rings. The maximum atomic E-state index is 13.5. The van der Waals surface area contributed by atoms with Crippen LogP contribution in [0.5, 0.6) is 0 Å². The Bertz CT molecular complexity index is 2140. The smallest absolute Gasteiger partial charge is 0.330 e. The van der Waals surface area contributed by atoms with E-state index in [1.165, 1.54) is 12.3 Å². The van der Waals surface area contributed by atoms with Crippen LogP contribution >= 0.6 is 0 Å². The molecule has 5 N–H and O–H groups in total. The molecule has 0 radical (unpaired) electrons. The Kier molecular flexibility index (Phi) is 18.1. The van der Waals surface area contributed by atoms with Crippen LogP contribution in [0.15, 0.2) is 81.1 Å². The van der Waals surface area contributed by atoms with Gasteiger partial charge >= 0.3 is 5.97 Å². The van der Waals surface area contributed by atoms with Crippen molar-refractivity contribution in [3.63, 3.8) is 0 Å². The van der Waals surface area contributed by atoms with E-state index >= 15 is 0 Å². The summed E-state index contributed by atoms with van der Waals surface area (Å²) in [6.45, 7) is 14.0. The highest BCUT2D eigenvalue weighted by atomic mass is 16.6. The molecule has 0 aliphatic carbocycles. The molecule has 2 aromatic heterocycles. The first-order chi connectivity index (χ1) is 32.6. The van der Waals surface area contributed by atoms with Gasteiger partial charge in [-0.15, -0.1) is 0 Å². The highest BCUT2D eigenvalue weighted by molar-refractivity contribution is 5.82. The molecule has 0 amide bonds. The Morgan fingerprint density at radius 3 is 2.53 bits per heavy atom. The number of carbonyl (C=O) groups is 1. The van der Waals surface area contributed by atoms with E-state index in [9.17, 15) is 30.3 Å². The van der Waals surface area contributed by atoms with E-state index in [0.717, 1.165) is 29.6 Å². The summed E-state index contributed by atoms with van der Waals surface area (Å²) < 4.78 is 43.9. The topological polar surface area (TPSA) is 216 Å². The zero-order valence-corrected chi connectivity index (χ0v) is 40.4. The Morgan fingerprint density at radius 2 is 1.75 bits per heavy atom. The summed E-state index contributed by atoms with van der Waals surface area (Å²) in [5.41, 5.74) is 3.80. The molecule has 8 bridgehead atoms. The highest BCUT2D eigenvalue weighted by Crippen LogP contribution is 2.40. The minimum absolute atomic E-state index is 0.0287. The minimum atomic E-state index is -1.76. The summed E-state index contributed by atoms with van der Waals surface area (Å²) in [7, 11) is 0. The van der Waals surface area contributed by atoms with Crippen molar-refractivity contribution in [3.05, 3.63) is 95.4 Å². The van der Waals surface area contributed by atoms with Crippen molar-refractivity contribution in [1.82, 2.24) is 9.97 Å². The zero-order valence-electron chi connectivity index (χ0n) is 40.4. The summed E-state index contributed by atoms with van der Waals surface area (Å²) in [6, 6.07) is 0. The molecule has 0 unspecified atom stereocenters. The molecular weight excluding hydrogens is 873 g/mol. The lowest BCUT2D eigenvalue weighted by molar-refractivity contribution is -0.279. The molecule has 7 rings (SSSR count). The van der Waals surface area contributed by atoms with Gasteiger partial charge in [-0.25, -0.2) is 14.8 Å². The lowest BCUT2D eigenvalue weighted by Gasteiger charge is -2.44. The third-order valence-corrected chi connectivity index (χ3v) is 14.1. The Morgan fingerprint density at radius 1 is 0.956 bits per heavy atom. The van der Waals surface area contributed by atoms with Gasteiger partial charge in [0.05, 0.1) is 55.3 Å². The number of ether oxygens (including phenoxy) is 5. The molecule has 4 fully saturated rings. The maximum absolute atomic E-state index is 13.5. The van der Waals surface area contributed by atoms with Crippen molar-refractivity contribution in [3.8, 4) is 0 Å². The molecule has 0 saturated carbocycles. The van der Waals surface area contributed by atoms with Gasteiger partial charge < -0.3 is 58.1 Å². The summed E-state index contributed by atoms with van der Waals surface area (Å²) in [5.74, 6) is -2.34. The fraction of sp³-hybridized carbons (Fsp3) is 0.642. The number of hydrogen-bond donors (Lipinski definition) is 5. The number of esters is 1. The molecule has 5 aliphatic heterocycles. The number of aliphatic hydroxyl groups excluding tert-OH is 4. The van der Waals surface area contributed by atoms with Gasteiger partial charge in [-0.2, -0.15) is 0 Å². The Hall–Kier alpha value is -4.03. The second kappa shape index (κ2) is 23.7. The van der Waals surface area contributed by atoms with Gasteiger partial charge in [0.1, 0.15) is 36.1 Å². The van der Waals surface area contributed by atoms with Gasteiger partial charge in [0.25, 0.3) is 0 Å². The predicted octanol–water partition coefficient (Wildman–Crippen LogP) is 7.45. The van der Waals surface area contributed by atoms with Gasteiger partial charge in [-0.1, -0.05) is 75.3 Å². The molecule has 15 nitrogen and oxygen atoms in total. The van der Waals surface area contributed by atoms with Crippen molar-refractivity contribution >= 4 is 18.1 Å². The number of fused-ring (bicyclic) bond motifs is 9. The third-order valence-electron chi connectivity index (χ3n) is 14.1. The van der Waals surface area contributed by atoms with Gasteiger partial charge in [-0.3, -0.25) is 0 Å². The summed E-state index contributed by atoms with van der Waals surface area (Å²) in [6.07, 6.45) is 18.8. The molecule has 0 aromatic carbocycles. The molecule has 68 heavy (non-hydrogen) atoms. The molecule has 15 atom stereocenters. The number of hydrogen-bond acceptors (Lipinski definition) is 15. The Labute approximate surface area is 400 Å². The van der Waals surface area contributed by atoms with Crippen molar-refractivity contribution < 1.29 is 62.8 Å². The van der Waals surface area contributed by atoms with E-state index in [-0.39, 0.29) is 80.0 Å². The second-order valence-electron chi connectivity index (χ2n) is 20.1. The van der Waals surface area contributed by atoms with Crippen LogP contribution in [-0.2, 0) is 34.9 Å². The zero-order chi connectivity index (χ0) is 48.5. The average Bonchev–Trinajstić information content (AvgIpc) is 3.95. The van der Waals surface area contributed by atoms with Crippen molar-refractivity contribution in [2.75, 3.05) is 13.2 Å². The molecule has 0 spiro atoms. The fourth-order valence-electron chi connectivity index (χ4n) is 10.7. The highest BCUT2D eigenvalue weighted by Gasteiger charge is 2.45. The van der Waals surface area contributed by atoms with Crippen LogP contribution in [0.4, 0.5) is 0 Å². The van der Waals surface area contributed by atoms with Crippen molar-refractivity contribution in [2.24, 2.45) is 23.7 Å². The van der Waals surface area contributed by atoms with Crippen LogP contribution in [-0.4, -0.2) is 115 Å². The maximum Gasteiger partial charge on any atom is 0.330 e. The van der Waals surface area contributed by atoms with Crippen LogP contribution in [0.2, 0.25) is 0 Å². The van der Waals surface area contributed by atoms with Gasteiger partial charge in [0.2, 0.25) is 5.89 Å². The quantitative estimate of drug-likeness (QED) is 0.0794. The summed E-state index contributed by atoms with van der Waals surface area (Å²) in [4.78, 5) is 22.9. The van der Waals surface area contributed by atoms with E-state index in [1.54, 1.807) is 18.4 Å². The number of aliphatic hydroxyl groups is 5. The fourth-order valence-corrected chi connectivity index (χ4v) is 10.7. The number of nitrogens with zero attached hydrogens (tertiary/aromatic N) is 2. The summed E-state index contributed by atoms with van der Waals surface area (Å²) >= 11 is 0. The van der Waals surface area contributed by atoms with Gasteiger partial charge in [0.15, 0.2) is 11.7 Å². The van der Waals surface area contributed by atoms with Crippen molar-refractivity contribution in [1.29, 1.82) is 0 Å². The van der Waals surface area contributed by atoms with E-state index < -0.39 is 48.4 Å². The Balaban J connectivity index is 1.07. The molecule has 4 saturated heterocycles. The lowest BCUT2D eigenvalue weighted by Crippen LogP contribution is -2.50. The van der Waals surface area contributed by atoms with E-state index in [2.05, 4.69) is 18.5 Å². The standard InChI is InChI=1S/C53H74N2O13/c1-7-10-36(27-56)16-15-31(2)19-44(59)47-21-37(28-57)25-53(61,68-47)26-49-54-38(29-62-49)20-33(4)51-35(6)52-34(5)45(66-51)12-9-13-48-55-43(30-63-48)46-23-39(58)22-42(65-46)24-41-18-32(3)17-40(64-41)11-8-14-50(60)67-52/h8-9,13-16,19-20,29-30,34-37,39-42,44-47,51-52,56-59,61H,3,7,10-12,17-18,21-28H2,1-2,4-6H3/b13-9+,14-8-,16-15+,31-19+,33-20+/t34-,35-,36+,37+,39+,40-,41+,42-,44+,45+,46+,47+,51-,52-,53-/m0/s1. The molecule has 374 valence electrons. The third kappa shape index (κ3) is 13.8. The van der Waals surface area contributed by atoms with Gasteiger partial charge in [0, 0.05) is 56.3 Å². The average molecular weight is 947 g/mol. The van der Waals surface area contributed by atoms with Gasteiger partial charge in [-0.05, 0) is 82.4 Å². The first-order valence-corrected chi connectivity index (χ1v) is 24.7. The van der Waals surface area contributed by atoms with E-state index in [1.807, 2.05) is 58.1 Å². The normalized spacial score (nSPS) is 36.4. The summed E-state index contributed by atoms with van der Waals surface area (Å²) in [5, 5.41) is 53.6. The number of oxazole rings is 2. The predicted molar refractivity (Wildman–Crippen MR) is 253 cm³/mol. The first-order valence-electron chi connectivity index (χ1n) is 24.7. The molecule has 5 aliphatic rings. The number of allylic oxidation sites excluding steroid dienone is 2. The van der Waals surface area contributed by atoms with Crippen LogP contribution < -0.4 is 0 Å². The number of carbonyl (C=O) groups excluding carboxylic acids is 1. The molecule has 7 heterocycles. The van der Waals surface area contributed by atoms with Crippen LogP contribution in [0.3, 0.4) is 0 Å². The first kappa shape index (κ1) is 51.8. The van der Waals surface area contributed by atoms with Crippen molar-refractivity contribution in [2.45, 2.75) is 178 Å². The lowest BCUT2D eigenvalue weighted by atomic mass is 9.79. The largest absolute Gasteiger partial charge is 0.458 e. The number of rotatable bonds is 12. The van der Waals surface area contributed by atoms with Crippen LogP contribution in [0, 0.1) is 23.7 Å².